The Bertz CT molecular complexity index is 1400. The first-order chi connectivity index (χ1) is 25.7. The standard InChI is InChI=1S/2C8F17.2C2H3ClO2.Sn/c2*9-1(3(12,13)14)2(10,11)4(15,16)5(17,18)6(19,20)7(21,22)8(23,24)25;2*3-1-2(4)5;/h;;2*1H2,(H,4,5);/q;;;;+2/p-2. The Morgan fingerprint density at radius 3 is 0.541 bits per heavy atom. The van der Waals surface area contributed by atoms with Crippen LogP contribution in [0.4, 0.5) is 149 Å². The molecule has 0 spiro atoms. The van der Waals surface area contributed by atoms with Crippen LogP contribution in [-0.4, -0.2) is 136 Å². The number of carboxylic acids is 2. The summed E-state index contributed by atoms with van der Waals surface area (Å²) in [6.07, 6.45) is -35.2. The third-order valence-corrected chi connectivity index (χ3v) is 11.9. The molecular weight excluding hydrogens is 1140 g/mol. The second kappa shape index (κ2) is 17.7. The number of halogens is 36. The molecule has 0 aromatic carbocycles. The molecule has 61 heavy (non-hydrogen) atoms. The van der Waals surface area contributed by atoms with Crippen LogP contribution in [0.15, 0.2) is 0 Å². The van der Waals surface area contributed by atoms with Gasteiger partial charge in [-0.25, -0.2) is 0 Å². The van der Waals surface area contributed by atoms with Gasteiger partial charge < -0.3 is 19.8 Å². The third kappa shape index (κ3) is 10.1. The predicted molar refractivity (Wildman–Crippen MR) is 119 cm³/mol. The first-order valence-corrected chi connectivity index (χ1v) is 16.4. The fourth-order valence-corrected chi connectivity index (χ4v) is 6.82. The molecule has 0 heterocycles. The average Bonchev–Trinajstić information content (AvgIpc) is 3.01. The zero-order chi connectivity index (χ0) is 51.3. The van der Waals surface area contributed by atoms with Crippen molar-refractivity contribution in [3.8, 4) is 0 Å². The summed E-state index contributed by atoms with van der Waals surface area (Å²) in [6, 6.07) is 0. The molecule has 0 bridgehead atoms. The van der Waals surface area contributed by atoms with E-state index in [2.05, 4.69) is 23.2 Å². The summed E-state index contributed by atoms with van der Waals surface area (Å²) < 4.78 is 433. The van der Waals surface area contributed by atoms with Gasteiger partial charge >= 0.3 is 262 Å². The maximum absolute atomic E-state index is 14.7. The van der Waals surface area contributed by atoms with Gasteiger partial charge in [0.15, 0.2) is 0 Å². The van der Waals surface area contributed by atoms with Crippen LogP contribution in [0.25, 0.3) is 0 Å². The van der Waals surface area contributed by atoms with Gasteiger partial charge in [-0.15, -0.1) is 23.2 Å². The van der Waals surface area contributed by atoms with Crippen molar-refractivity contribution < 1.29 is 169 Å². The van der Waals surface area contributed by atoms with E-state index >= 15 is 0 Å². The minimum atomic E-state index is -9.93. The number of alkyl halides is 36. The normalized spacial score (nSPS) is 17.1. The van der Waals surface area contributed by atoms with E-state index in [-0.39, 0.29) is 0 Å². The van der Waals surface area contributed by atoms with Crippen LogP contribution in [0.1, 0.15) is 0 Å². The van der Waals surface area contributed by atoms with Gasteiger partial charge in [0.05, 0.1) is 23.7 Å². The van der Waals surface area contributed by atoms with Gasteiger partial charge in [-0.1, -0.05) is 0 Å². The Hall–Kier alpha value is -2.06. The summed E-state index contributed by atoms with van der Waals surface area (Å²) in [5, 5.41) is 18.2. The molecule has 0 saturated carbocycles. The molecule has 0 aliphatic heterocycles. The molecule has 4 nitrogen and oxygen atoms in total. The van der Waals surface area contributed by atoms with E-state index in [1.807, 2.05) is 0 Å². The number of carbonyl (C=O) groups excluding carboxylic acids is 2. The van der Waals surface area contributed by atoms with E-state index in [1.54, 1.807) is 0 Å². The van der Waals surface area contributed by atoms with E-state index in [4.69, 9.17) is 19.8 Å². The Morgan fingerprint density at radius 1 is 0.295 bits per heavy atom. The number of aliphatic carboxylic acids is 2. The molecule has 0 aliphatic rings. The van der Waals surface area contributed by atoms with Gasteiger partial charge in [-0.3, -0.25) is 0 Å². The topological polar surface area (TPSA) is 80.3 Å². The van der Waals surface area contributed by atoms with E-state index in [0.29, 0.717) is 0 Å². The van der Waals surface area contributed by atoms with Crippen LogP contribution in [0, 0.1) is 0 Å². The van der Waals surface area contributed by atoms with Gasteiger partial charge in [0.2, 0.25) is 0 Å². The maximum atomic E-state index is 14.7. The predicted octanol–water partition coefficient (Wildman–Crippen LogP) is 8.57. The van der Waals surface area contributed by atoms with Gasteiger partial charge in [0.25, 0.3) is 0 Å². The Balaban J connectivity index is -0.00000298. The number of rotatable bonds is 14. The molecular formula is C20H4Cl2F34O4Sn. The SMILES string of the molecule is FC(F)(F)C(F)(F)C(F)(F)C(F)(F)C(F)(F)C(F)(F)[C](F)([Sn+2][C](F)(C(F)(F)F)C(F)(F)C(F)(F)C(F)(F)C(F)(F)C(F)(F)C(F)(F)F)C(F)(F)F.O=C([O-])CCl.O=C([O-])CCl. The first-order valence-electron chi connectivity index (χ1n) is 12.5. The molecule has 0 rings (SSSR count). The second-order valence-electron chi connectivity index (χ2n) is 10.2. The molecule has 0 saturated heterocycles. The number of hydrogen-bond donors (Lipinski definition) is 0. The molecule has 0 N–H and O–H groups in total. The van der Waals surface area contributed by atoms with Crippen LogP contribution >= 0.6 is 23.2 Å². The smallest absolute Gasteiger partial charge is 0.0620 e. The fourth-order valence-electron chi connectivity index (χ4n) is 2.86. The quantitative estimate of drug-likeness (QED) is 0.0993. The van der Waals surface area contributed by atoms with E-state index in [9.17, 15) is 149 Å². The summed E-state index contributed by atoms with van der Waals surface area (Å²) in [4.78, 5) is 18.2. The van der Waals surface area contributed by atoms with Crippen molar-refractivity contribution in [1.82, 2.24) is 0 Å². The van der Waals surface area contributed by atoms with E-state index < -0.39 is 136 Å². The van der Waals surface area contributed by atoms with Crippen molar-refractivity contribution in [2.45, 2.75) is 91.3 Å². The van der Waals surface area contributed by atoms with E-state index in [0.717, 1.165) is 0 Å². The molecule has 0 fully saturated rings. The van der Waals surface area contributed by atoms with Gasteiger partial charge in [0.1, 0.15) is 0 Å². The van der Waals surface area contributed by atoms with Crippen molar-refractivity contribution in [3.05, 3.63) is 0 Å². The minimum absolute atomic E-state index is 0.417. The zero-order valence-electron chi connectivity index (χ0n) is 26.2. The molecule has 0 radical (unpaired) electrons. The number of carbonyl (C=O) groups is 2. The number of hydrogen-bond acceptors (Lipinski definition) is 4. The molecule has 41 heteroatoms. The first kappa shape index (κ1) is 63.2. The number of carboxylic acid groups (broad SMARTS) is 2. The summed E-state index contributed by atoms with van der Waals surface area (Å²) in [6.45, 7) is 0. The third-order valence-electron chi connectivity index (χ3n) is 6.08. The van der Waals surface area contributed by atoms with Crippen molar-refractivity contribution in [3.63, 3.8) is 0 Å². The van der Waals surface area contributed by atoms with Crippen molar-refractivity contribution in [2.75, 3.05) is 11.8 Å². The van der Waals surface area contributed by atoms with Crippen molar-refractivity contribution in [1.29, 1.82) is 0 Å². The van der Waals surface area contributed by atoms with E-state index in [1.165, 1.54) is 0 Å². The second-order valence-corrected chi connectivity index (χ2v) is 15.4. The minimum Gasteiger partial charge on any atom is -0.549 e. The summed E-state index contributed by atoms with van der Waals surface area (Å²) >= 11 is 0.0233. The maximum Gasteiger partial charge on any atom is 0.0620 e. The Morgan fingerprint density at radius 2 is 0.426 bits per heavy atom. The summed E-state index contributed by atoms with van der Waals surface area (Å²) in [5.74, 6) is -99.1. The Labute approximate surface area is 328 Å². The molecule has 364 valence electrons. The molecule has 0 aliphatic carbocycles. The summed E-state index contributed by atoms with van der Waals surface area (Å²) in [7, 11) is 0. The Kier molecular flexibility index (Phi) is 18.4. The average molecular weight is 1140 g/mol. The molecule has 2 unspecified atom stereocenters. The van der Waals surface area contributed by atoms with Crippen molar-refractivity contribution >= 4 is 56.3 Å². The molecule has 0 amide bonds. The fraction of sp³-hybridized carbons (Fsp3) is 0.900. The van der Waals surface area contributed by atoms with Gasteiger partial charge in [-0.05, 0) is 0 Å². The molecule has 0 aromatic rings. The van der Waals surface area contributed by atoms with Crippen LogP contribution in [0.3, 0.4) is 0 Å². The van der Waals surface area contributed by atoms with Gasteiger partial charge in [-0.2, -0.15) is 0 Å². The zero-order valence-corrected chi connectivity index (χ0v) is 30.5. The molecule has 2 atom stereocenters. The summed E-state index contributed by atoms with van der Waals surface area (Å²) in [5.41, 5.74) is 0. The van der Waals surface area contributed by atoms with Crippen LogP contribution in [0.2, 0.25) is 0 Å². The largest absolute Gasteiger partial charge is 0.549 e. The van der Waals surface area contributed by atoms with Gasteiger partial charge in [0, 0.05) is 0 Å². The monoisotopic (exact) mass is 1140 g/mol. The molecule has 0 aromatic heterocycles. The van der Waals surface area contributed by atoms with Crippen LogP contribution in [-0.2, 0) is 9.59 Å². The van der Waals surface area contributed by atoms with Crippen LogP contribution < -0.4 is 10.2 Å². The van der Waals surface area contributed by atoms with Crippen LogP contribution in [0.5, 0.6) is 0 Å². The van der Waals surface area contributed by atoms with Crippen molar-refractivity contribution in [2.24, 2.45) is 0 Å².